The molecule has 0 spiro atoms. The summed E-state index contributed by atoms with van der Waals surface area (Å²) in [4.78, 5) is 24.1. The minimum Gasteiger partial charge on any atom is -0.478 e. The van der Waals surface area contributed by atoms with Crippen molar-refractivity contribution in [3.05, 3.63) is 16.0 Å². The third-order valence-corrected chi connectivity index (χ3v) is 4.21. The molecule has 0 fully saturated rings. The molecule has 0 unspecified atom stereocenters. The molecule has 0 saturated heterocycles. The zero-order valence-electron chi connectivity index (χ0n) is 9.14. The van der Waals surface area contributed by atoms with Gasteiger partial charge in [-0.1, -0.05) is 0 Å². The second-order valence-corrected chi connectivity index (χ2v) is 4.97. The summed E-state index contributed by atoms with van der Waals surface area (Å²) < 4.78 is 0. The van der Waals surface area contributed by atoms with Gasteiger partial charge in [0, 0.05) is 11.4 Å². The predicted octanol–water partition coefficient (Wildman–Crippen LogP) is 1.63. The summed E-state index contributed by atoms with van der Waals surface area (Å²) in [5, 5.41) is 18.3. The monoisotopic (exact) mass is 256 g/mol. The van der Waals surface area contributed by atoms with Gasteiger partial charge in [-0.15, -0.1) is 11.3 Å². The van der Waals surface area contributed by atoms with Crippen LogP contribution in [0, 0.1) is 0 Å². The highest BCUT2D eigenvalue weighted by Crippen LogP contribution is 2.40. The van der Waals surface area contributed by atoms with Crippen LogP contribution >= 0.6 is 11.3 Å². The van der Waals surface area contributed by atoms with Gasteiger partial charge in [-0.25, -0.2) is 9.59 Å². The topological polar surface area (TPSA) is 104 Å². The number of carbonyl (C=O) groups is 2. The SMILES string of the molecule is C[C@@H]1c2sc(N)c(C(=O)O)c2CCN1C(=O)O. The average molecular weight is 256 g/mol. The van der Waals surface area contributed by atoms with E-state index < -0.39 is 12.1 Å². The molecule has 1 aliphatic rings. The maximum Gasteiger partial charge on any atom is 0.407 e. The van der Waals surface area contributed by atoms with Gasteiger partial charge >= 0.3 is 12.1 Å². The molecule has 2 heterocycles. The quantitative estimate of drug-likeness (QED) is 0.708. The third kappa shape index (κ3) is 1.72. The first kappa shape index (κ1) is 11.7. The van der Waals surface area contributed by atoms with Gasteiger partial charge in [0.1, 0.15) is 5.00 Å². The number of aromatic carboxylic acids is 1. The number of thiophene rings is 1. The fraction of sp³-hybridized carbons (Fsp3) is 0.400. The number of carboxylic acid groups (broad SMARTS) is 2. The van der Waals surface area contributed by atoms with Gasteiger partial charge in [0.15, 0.2) is 0 Å². The Bertz CT molecular complexity index is 497. The fourth-order valence-corrected chi connectivity index (χ4v) is 3.33. The summed E-state index contributed by atoms with van der Waals surface area (Å²) in [6.45, 7) is 2.05. The molecule has 0 radical (unpaired) electrons. The minimum atomic E-state index is -1.05. The number of hydrogen-bond donors (Lipinski definition) is 3. The van der Waals surface area contributed by atoms with Gasteiger partial charge in [0.2, 0.25) is 0 Å². The van der Waals surface area contributed by atoms with Gasteiger partial charge in [-0.3, -0.25) is 0 Å². The molecule has 0 bridgehead atoms. The van der Waals surface area contributed by atoms with E-state index in [-0.39, 0.29) is 16.6 Å². The van der Waals surface area contributed by atoms with Gasteiger partial charge < -0.3 is 20.8 Å². The standard InChI is InChI=1S/C10H12N2O4S/c1-4-7-5(2-3-12(4)10(15)16)6(9(13)14)8(11)17-7/h4H,2-3,11H2,1H3,(H,13,14)(H,15,16)/t4-/m1/s1. The summed E-state index contributed by atoms with van der Waals surface area (Å²) in [7, 11) is 0. The lowest BCUT2D eigenvalue weighted by molar-refractivity contribution is 0.0696. The lowest BCUT2D eigenvalue weighted by Crippen LogP contribution is -2.37. The molecule has 7 heteroatoms. The Morgan fingerprint density at radius 3 is 2.65 bits per heavy atom. The molecular formula is C10H12N2O4S. The first-order chi connectivity index (χ1) is 7.93. The molecular weight excluding hydrogens is 244 g/mol. The smallest absolute Gasteiger partial charge is 0.407 e. The largest absolute Gasteiger partial charge is 0.478 e. The maximum absolute atomic E-state index is 11.1. The third-order valence-electron chi connectivity index (χ3n) is 2.97. The first-order valence-electron chi connectivity index (χ1n) is 5.07. The number of nitrogens with two attached hydrogens (primary N) is 1. The Kier molecular flexibility index (Phi) is 2.70. The van der Waals surface area contributed by atoms with E-state index in [1.54, 1.807) is 6.92 Å². The fourth-order valence-electron chi connectivity index (χ4n) is 2.15. The molecule has 1 aromatic heterocycles. The Morgan fingerprint density at radius 1 is 1.47 bits per heavy atom. The Morgan fingerprint density at radius 2 is 2.12 bits per heavy atom. The van der Waals surface area contributed by atoms with E-state index in [0.29, 0.717) is 18.5 Å². The number of fused-ring (bicyclic) bond motifs is 1. The Labute approximate surface area is 101 Å². The van der Waals surface area contributed by atoms with Gasteiger partial charge in [-0.2, -0.15) is 0 Å². The van der Waals surface area contributed by atoms with Crippen LogP contribution in [-0.4, -0.2) is 33.7 Å². The van der Waals surface area contributed by atoms with E-state index >= 15 is 0 Å². The highest BCUT2D eigenvalue weighted by atomic mass is 32.1. The van der Waals surface area contributed by atoms with Crippen molar-refractivity contribution in [1.29, 1.82) is 0 Å². The van der Waals surface area contributed by atoms with Crippen LogP contribution in [0.1, 0.15) is 33.8 Å². The van der Waals surface area contributed by atoms with Crippen molar-refractivity contribution in [2.24, 2.45) is 0 Å². The van der Waals surface area contributed by atoms with Crippen LogP contribution in [0.2, 0.25) is 0 Å². The number of nitrogens with zero attached hydrogens (tertiary/aromatic N) is 1. The van der Waals surface area contributed by atoms with Crippen molar-refractivity contribution < 1.29 is 19.8 Å². The summed E-state index contributed by atoms with van der Waals surface area (Å²) in [6.07, 6.45) is -0.589. The van der Waals surface area contributed by atoms with Crippen molar-refractivity contribution in [2.45, 2.75) is 19.4 Å². The van der Waals surface area contributed by atoms with Crippen LogP contribution in [0.25, 0.3) is 0 Å². The Balaban J connectivity index is 2.49. The molecule has 0 aliphatic carbocycles. The van der Waals surface area contributed by atoms with Crippen LogP contribution in [0.5, 0.6) is 0 Å². The molecule has 0 aromatic carbocycles. The number of nitrogen functional groups attached to an aromatic ring is 1. The molecule has 92 valence electrons. The van der Waals surface area contributed by atoms with Crippen LogP contribution in [-0.2, 0) is 6.42 Å². The number of rotatable bonds is 1. The molecule has 1 aliphatic heterocycles. The summed E-state index contributed by atoms with van der Waals surface area (Å²) in [5.74, 6) is -1.05. The van der Waals surface area contributed by atoms with Crippen molar-refractivity contribution >= 4 is 28.4 Å². The first-order valence-corrected chi connectivity index (χ1v) is 5.89. The van der Waals surface area contributed by atoms with E-state index in [4.69, 9.17) is 15.9 Å². The normalized spacial score (nSPS) is 18.9. The zero-order chi connectivity index (χ0) is 12.7. The average Bonchev–Trinajstić information content (AvgIpc) is 2.55. The zero-order valence-corrected chi connectivity index (χ0v) is 9.95. The van der Waals surface area contributed by atoms with Crippen molar-refractivity contribution in [1.82, 2.24) is 4.90 Å². The van der Waals surface area contributed by atoms with Crippen molar-refractivity contribution in [3.8, 4) is 0 Å². The highest BCUT2D eigenvalue weighted by Gasteiger charge is 2.33. The molecule has 0 saturated carbocycles. The molecule has 1 amide bonds. The maximum atomic E-state index is 11.1. The van der Waals surface area contributed by atoms with E-state index in [2.05, 4.69) is 0 Å². The molecule has 1 aromatic rings. The molecule has 2 rings (SSSR count). The minimum absolute atomic E-state index is 0.141. The number of anilines is 1. The second-order valence-electron chi connectivity index (χ2n) is 3.89. The van der Waals surface area contributed by atoms with Gasteiger partial charge in [-0.05, 0) is 18.9 Å². The van der Waals surface area contributed by atoms with E-state index in [9.17, 15) is 9.59 Å². The number of amides is 1. The highest BCUT2D eigenvalue weighted by molar-refractivity contribution is 7.16. The van der Waals surface area contributed by atoms with Crippen LogP contribution in [0.15, 0.2) is 0 Å². The Hall–Kier alpha value is -1.76. The molecule has 17 heavy (non-hydrogen) atoms. The molecule has 4 N–H and O–H groups in total. The van der Waals surface area contributed by atoms with E-state index in [1.165, 1.54) is 16.2 Å². The van der Waals surface area contributed by atoms with Gasteiger partial charge in [0.25, 0.3) is 0 Å². The summed E-state index contributed by atoms with van der Waals surface area (Å²) in [5.41, 5.74) is 6.50. The predicted molar refractivity (Wildman–Crippen MR) is 62.5 cm³/mol. The van der Waals surface area contributed by atoms with Gasteiger partial charge in [0.05, 0.1) is 11.6 Å². The summed E-state index contributed by atoms with van der Waals surface area (Å²) >= 11 is 1.17. The second kappa shape index (κ2) is 3.92. The van der Waals surface area contributed by atoms with Crippen molar-refractivity contribution in [3.63, 3.8) is 0 Å². The van der Waals surface area contributed by atoms with Crippen molar-refractivity contribution in [2.75, 3.05) is 12.3 Å². The van der Waals surface area contributed by atoms with Crippen LogP contribution < -0.4 is 5.73 Å². The molecule has 1 atom stereocenters. The number of carboxylic acids is 1. The van der Waals surface area contributed by atoms with E-state index in [1.807, 2.05) is 0 Å². The lowest BCUT2D eigenvalue weighted by atomic mass is 9.99. The molecule has 6 nitrogen and oxygen atoms in total. The summed E-state index contributed by atoms with van der Waals surface area (Å²) in [6, 6.07) is -0.336. The lowest BCUT2D eigenvalue weighted by Gasteiger charge is -2.31. The van der Waals surface area contributed by atoms with E-state index in [0.717, 1.165) is 4.88 Å². The van der Waals surface area contributed by atoms with Crippen LogP contribution in [0.3, 0.4) is 0 Å². The van der Waals surface area contributed by atoms with Crippen LogP contribution in [0.4, 0.5) is 9.80 Å². The number of hydrogen-bond acceptors (Lipinski definition) is 4.